The van der Waals surface area contributed by atoms with E-state index in [1.807, 2.05) is 6.08 Å². The van der Waals surface area contributed by atoms with Crippen LogP contribution in [0.4, 0.5) is 5.69 Å². The molecule has 0 bridgehead atoms. The van der Waals surface area contributed by atoms with Crippen molar-refractivity contribution in [3.05, 3.63) is 46.0 Å². The van der Waals surface area contributed by atoms with E-state index in [0.29, 0.717) is 0 Å². The lowest BCUT2D eigenvalue weighted by atomic mass is 10.1. The van der Waals surface area contributed by atoms with Crippen LogP contribution in [0.15, 0.2) is 30.3 Å². The van der Waals surface area contributed by atoms with Crippen LogP contribution in [-0.4, -0.2) is 4.92 Å². The number of hydrogen-bond donors (Lipinski definition) is 0. The molecule has 0 saturated carbocycles. The highest BCUT2D eigenvalue weighted by atomic mass is 16.6. The smallest absolute Gasteiger partial charge is 0.258 e. The Balaban J connectivity index is 2.36. The molecule has 0 aliphatic heterocycles. The number of non-ortho nitro benzene ring substituents is 1. The fourth-order valence-electron chi connectivity index (χ4n) is 1.62. The van der Waals surface area contributed by atoms with Crippen LogP contribution in [0.5, 0.6) is 0 Å². The van der Waals surface area contributed by atoms with Crippen molar-refractivity contribution in [1.82, 2.24) is 0 Å². The molecule has 0 N–H and O–H groups in total. The molecule has 1 aromatic carbocycles. The average molecular weight is 233 g/mol. The summed E-state index contributed by atoms with van der Waals surface area (Å²) in [6.07, 6.45) is 10.3. The van der Waals surface area contributed by atoms with Gasteiger partial charge in [0.25, 0.3) is 5.69 Å². The first kappa shape index (κ1) is 13.4. The third kappa shape index (κ3) is 5.29. The Bertz CT molecular complexity index is 368. The molecule has 0 amide bonds. The Kier molecular flexibility index (Phi) is 6.00. The maximum absolute atomic E-state index is 10.5. The molecule has 1 aromatic rings. The first-order valence-electron chi connectivity index (χ1n) is 6.15. The van der Waals surface area contributed by atoms with E-state index in [2.05, 4.69) is 13.0 Å². The zero-order valence-corrected chi connectivity index (χ0v) is 10.3. The van der Waals surface area contributed by atoms with E-state index in [1.165, 1.54) is 37.8 Å². The molecule has 0 saturated heterocycles. The van der Waals surface area contributed by atoms with Gasteiger partial charge in [-0.3, -0.25) is 10.1 Å². The summed E-state index contributed by atoms with van der Waals surface area (Å²) in [5, 5.41) is 10.5. The van der Waals surface area contributed by atoms with Gasteiger partial charge in [0.15, 0.2) is 0 Å². The number of nitrogens with zero attached hydrogens (tertiary/aromatic N) is 1. The van der Waals surface area contributed by atoms with Gasteiger partial charge in [0.1, 0.15) is 0 Å². The fraction of sp³-hybridized carbons (Fsp3) is 0.429. The van der Waals surface area contributed by atoms with E-state index >= 15 is 0 Å². The minimum Gasteiger partial charge on any atom is -0.258 e. The monoisotopic (exact) mass is 233 g/mol. The summed E-state index contributed by atoms with van der Waals surface area (Å²) in [5.41, 5.74) is 1.16. The molecule has 0 fully saturated rings. The van der Waals surface area contributed by atoms with Crippen LogP contribution in [-0.2, 0) is 0 Å². The Hall–Kier alpha value is -1.64. The predicted molar refractivity (Wildman–Crippen MR) is 70.9 cm³/mol. The first-order chi connectivity index (χ1) is 8.24. The predicted octanol–water partition coefficient (Wildman–Crippen LogP) is 4.58. The van der Waals surface area contributed by atoms with Crippen molar-refractivity contribution in [2.45, 2.75) is 39.0 Å². The Morgan fingerprint density at radius 2 is 1.88 bits per heavy atom. The molecule has 0 spiro atoms. The molecule has 17 heavy (non-hydrogen) atoms. The molecule has 1 rings (SSSR count). The van der Waals surface area contributed by atoms with Crippen LogP contribution in [0.3, 0.4) is 0 Å². The third-order valence-corrected chi connectivity index (χ3v) is 2.64. The van der Waals surface area contributed by atoms with Crippen molar-refractivity contribution in [2.24, 2.45) is 0 Å². The highest BCUT2D eigenvalue weighted by Crippen LogP contribution is 2.13. The van der Waals surface area contributed by atoms with Crippen LogP contribution < -0.4 is 0 Å². The SMILES string of the molecule is CCCCCC/C=C\c1ccc([N+](=O)[O-])cc1. The van der Waals surface area contributed by atoms with Gasteiger partial charge in [-0.1, -0.05) is 38.3 Å². The topological polar surface area (TPSA) is 43.1 Å². The molecule has 3 heteroatoms. The third-order valence-electron chi connectivity index (χ3n) is 2.64. The molecular weight excluding hydrogens is 214 g/mol. The van der Waals surface area contributed by atoms with Crippen LogP contribution in [0.25, 0.3) is 6.08 Å². The number of unbranched alkanes of at least 4 members (excludes halogenated alkanes) is 4. The second-order valence-electron chi connectivity index (χ2n) is 4.10. The summed E-state index contributed by atoms with van der Waals surface area (Å²) >= 11 is 0. The summed E-state index contributed by atoms with van der Waals surface area (Å²) in [6, 6.07) is 6.63. The van der Waals surface area contributed by atoms with Crippen LogP contribution in [0.2, 0.25) is 0 Å². The Labute approximate surface area is 102 Å². The lowest BCUT2D eigenvalue weighted by molar-refractivity contribution is -0.384. The van der Waals surface area contributed by atoms with Gasteiger partial charge in [0.05, 0.1) is 4.92 Å². The van der Waals surface area contributed by atoms with Crippen molar-refractivity contribution in [1.29, 1.82) is 0 Å². The highest BCUT2D eigenvalue weighted by molar-refractivity contribution is 5.51. The normalized spacial score (nSPS) is 10.9. The quantitative estimate of drug-likeness (QED) is 0.393. The van der Waals surface area contributed by atoms with Crippen molar-refractivity contribution in [3.63, 3.8) is 0 Å². The van der Waals surface area contributed by atoms with E-state index in [0.717, 1.165) is 12.0 Å². The second-order valence-corrected chi connectivity index (χ2v) is 4.10. The number of allylic oxidation sites excluding steroid dienone is 1. The van der Waals surface area contributed by atoms with Gasteiger partial charge in [0, 0.05) is 12.1 Å². The summed E-state index contributed by atoms with van der Waals surface area (Å²) in [6.45, 7) is 2.20. The number of nitro benzene ring substituents is 1. The van der Waals surface area contributed by atoms with Crippen molar-refractivity contribution < 1.29 is 4.92 Å². The summed E-state index contributed by atoms with van der Waals surface area (Å²) < 4.78 is 0. The minimum absolute atomic E-state index is 0.144. The van der Waals surface area contributed by atoms with Crippen molar-refractivity contribution in [3.8, 4) is 0 Å². The van der Waals surface area contributed by atoms with E-state index in [-0.39, 0.29) is 10.6 Å². The number of benzene rings is 1. The molecule has 0 unspecified atom stereocenters. The zero-order chi connectivity index (χ0) is 12.5. The molecule has 0 aliphatic rings. The van der Waals surface area contributed by atoms with Gasteiger partial charge in [-0.2, -0.15) is 0 Å². The van der Waals surface area contributed by atoms with Crippen molar-refractivity contribution in [2.75, 3.05) is 0 Å². The fourth-order valence-corrected chi connectivity index (χ4v) is 1.62. The Morgan fingerprint density at radius 1 is 1.18 bits per heavy atom. The van der Waals surface area contributed by atoms with E-state index in [1.54, 1.807) is 12.1 Å². The average Bonchev–Trinajstić information content (AvgIpc) is 2.34. The molecule has 0 radical (unpaired) electrons. The van der Waals surface area contributed by atoms with Gasteiger partial charge in [-0.25, -0.2) is 0 Å². The molecule has 0 aromatic heterocycles. The van der Waals surface area contributed by atoms with Gasteiger partial charge in [-0.05, 0) is 30.5 Å². The maximum Gasteiger partial charge on any atom is 0.269 e. The van der Waals surface area contributed by atoms with Crippen LogP contribution in [0, 0.1) is 10.1 Å². The number of nitro groups is 1. The van der Waals surface area contributed by atoms with Crippen LogP contribution >= 0.6 is 0 Å². The molecule has 0 heterocycles. The number of hydrogen-bond acceptors (Lipinski definition) is 2. The minimum atomic E-state index is -0.377. The molecular formula is C14H19NO2. The van der Waals surface area contributed by atoms with E-state index in [4.69, 9.17) is 0 Å². The molecule has 92 valence electrons. The largest absolute Gasteiger partial charge is 0.269 e. The van der Waals surface area contributed by atoms with Crippen molar-refractivity contribution >= 4 is 11.8 Å². The van der Waals surface area contributed by atoms with Gasteiger partial charge < -0.3 is 0 Å². The Morgan fingerprint density at radius 3 is 2.47 bits per heavy atom. The van der Waals surface area contributed by atoms with E-state index in [9.17, 15) is 10.1 Å². The van der Waals surface area contributed by atoms with Gasteiger partial charge in [-0.15, -0.1) is 0 Å². The van der Waals surface area contributed by atoms with E-state index < -0.39 is 0 Å². The number of rotatable bonds is 7. The summed E-state index contributed by atoms with van der Waals surface area (Å²) in [5.74, 6) is 0. The molecule has 0 atom stereocenters. The summed E-state index contributed by atoms with van der Waals surface area (Å²) in [4.78, 5) is 10.1. The zero-order valence-electron chi connectivity index (χ0n) is 10.3. The first-order valence-corrected chi connectivity index (χ1v) is 6.15. The molecule has 3 nitrogen and oxygen atoms in total. The highest BCUT2D eigenvalue weighted by Gasteiger charge is 2.01. The maximum atomic E-state index is 10.5. The lowest BCUT2D eigenvalue weighted by Gasteiger charge is -1.95. The standard InChI is InChI=1S/C14H19NO2/c1-2-3-4-5-6-7-8-13-9-11-14(12-10-13)15(16)17/h7-12H,2-6H2,1H3/b8-7-. The molecule has 0 aliphatic carbocycles. The lowest BCUT2D eigenvalue weighted by Crippen LogP contribution is -1.86. The van der Waals surface area contributed by atoms with Crippen LogP contribution in [0.1, 0.15) is 44.6 Å². The van der Waals surface area contributed by atoms with Gasteiger partial charge in [0.2, 0.25) is 0 Å². The van der Waals surface area contributed by atoms with Gasteiger partial charge >= 0.3 is 0 Å². The summed E-state index contributed by atoms with van der Waals surface area (Å²) in [7, 11) is 0. The second kappa shape index (κ2) is 7.60.